The summed E-state index contributed by atoms with van der Waals surface area (Å²) >= 11 is 0. The molecule has 0 unspecified atom stereocenters. The van der Waals surface area contributed by atoms with Crippen molar-refractivity contribution in [2.75, 3.05) is 6.54 Å². The molecule has 21 heavy (non-hydrogen) atoms. The molecule has 0 saturated carbocycles. The molecule has 1 aromatic carbocycles. The second kappa shape index (κ2) is 5.33. The molecule has 1 aliphatic rings. The van der Waals surface area contributed by atoms with Gasteiger partial charge in [0.25, 0.3) is 5.91 Å². The molecule has 5 heteroatoms. The molecule has 1 aliphatic heterocycles. The van der Waals surface area contributed by atoms with Crippen LogP contribution in [-0.4, -0.2) is 28.6 Å². The Bertz CT molecular complexity index is 667. The Balaban J connectivity index is 1.93. The molecule has 1 N–H and O–H groups in total. The van der Waals surface area contributed by atoms with Gasteiger partial charge in [0.05, 0.1) is 18.4 Å². The summed E-state index contributed by atoms with van der Waals surface area (Å²) < 4.78 is 18.6. The Labute approximate surface area is 121 Å². The topological polar surface area (TPSA) is 53.7 Å². The zero-order valence-corrected chi connectivity index (χ0v) is 11.6. The number of furan rings is 1. The lowest BCUT2D eigenvalue weighted by molar-refractivity contribution is 0.0682. The first-order chi connectivity index (χ1) is 10.1. The molecule has 0 spiro atoms. The first kappa shape index (κ1) is 13.8. The number of aliphatic hydroxyl groups excluding tert-OH is 1. The number of likely N-dealkylation sites (tertiary alicyclic amines) is 1. The fourth-order valence-electron chi connectivity index (χ4n) is 2.79. The molecule has 1 aromatic heterocycles. The lowest BCUT2D eigenvalue weighted by Gasteiger charge is -2.24. The van der Waals surface area contributed by atoms with Crippen LogP contribution in [0.3, 0.4) is 0 Å². The fourth-order valence-corrected chi connectivity index (χ4v) is 2.79. The molecule has 2 aromatic rings. The number of halogens is 1. The van der Waals surface area contributed by atoms with Crippen LogP contribution in [0.4, 0.5) is 4.39 Å². The summed E-state index contributed by atoms with van der Waals surface area (Å²) in [5, 5.41) is 9.90. The van der Waals surface area contributed by atoms with Crippen molar-refractivity contribution in [1.82, 2.24) is 4.90 Å². The number of hydrogen-bond acceptors (Lipinski definition) is 3. The first-order valence-corrected chi connectivity index (χ1v) is 6.85. The van der Waals surface area contributed by atoms with E-state index in [4.69, 9.17) is 4.42 Å². The lowest BCUT2D eigenvalue weighted by Crippen LogP contribution is -2.32. The number of rotatable bonds is 2. The third-order valence-corrected chi connectivity index (χ3v) is 3.83. The van der Waals surface area contributed by atoms with Gasteiger partial charge in [-0.05, 0) is 37.1 Å². The minimum Gasteiger partial charge on any atom is -0.459 e. The van der Waals surface area contributed by atoms with Crippen LogP contribution in [0.25, 0.3) is 0 Å². The van der Waals surface area contributed by atoms with E-state index < -0.39 is 6.10 Å². The monoisotopic (exact) mass is 289 g/mol. The Morgan fingerprint density at radius 2 is 2.24 bits per heavy atom. The van der Waals surface area contributed by atoms with Gasteiger partial charge in [-0.2, -0.15) is 0 Å². The zero-order chi connectivity index (χ0) is 15.0. The predicted molar refractivity (Wildman–Crippen MR) is 74.2 cm³/mol. The molecule has 0 aliphatic carbocycles. The largest absolute Gasteiger partial charge is 0.459 e. The average Bonchev–Trinajstić information content (AvgIpc) is 3.04. The van der Waals surface area contributed by atoms with E-state index >= 15 is 0 Å². The predicted octanol–water partition coefficient (Wildman–Crippen LogP) is 2.68. The van der Waals surface area contributed by atoms with Crippen LogP contribution < -0.4 is 0 Å². The smallest absolute Gasteiger partial charge is 0.290 e. The molecule has 3 rings (SSSR count). The fraction of sp³-hybridized carbons (Fsp3) is 0.312. The van der Waals surface area contributed by atoms with E-state index in [-0.39, 0.29) is 30.1 Å². The first-order valence-electron chi connectivity index (χ1n) is 6.85. The highest BCUT2D eigenvalue weighted by Gasteiger charge is 2.37. The summed E-state index contributed by atoms with van der Waals surface area (Å²) in [5.41, 5.74) is 1.43. The molecule has 1 saturated heterocycles. The van der Waals surface area contributed by atoms with Crippen molar-refractivity contribution in [3.05, 3.63) is 59.3 Å². The Morgan fingerprint density at radius 3 is 2.90 bits per heavy atom. The van der Waals surface area contributed by atoms with Crippen molar-refractivity contribution in [1.29, 1.82) is 0 Å². The van der Waals surface area contributed by atoms with Crippen molar-refractivity contribution in [3.63, 3.8) is 0 Å². The maximum atomic E-state index is 13.4. The van der Waals surface area contributed by atoms with Crippen molar-refractivity contribution < 1.29 is 18.7 Å². The summed E-state index contributed by atoms with van der Waals surface area (Å²) in [6, 6.07) is 7.51. The van der Waals surface area contributed by atoms with Gasteiger partial charge < -0.3 is 14.4 Å². The quantitative estimate of drug-likeness (QED) is 0.924. The van der Waals surface area contributed by atoms with Crippen LogP contribution >= 0.6 is 0 Å². The van der Waals surface area contributed by atoms with Crippen LogP contribution in [0.2, 0.25) is 0 Å². The minimum absolute atomic E-state index is 0.222. The Kier molecular flexibility index (Phi) is 3.51. The Morgan fingerprint density at radius 1 is 1.43 bits per heavy atom. The zero-order valence-electron chi connectivity index (χ0n) is 11.6. The van der Waals surface area contributed by atoms with Gasteiger partial charge in [-0.15, -0.1) is 0 Å². The van der Waals surface area contributed by atoms with Gasteiger partial charge in [-0.1, -0.05) is 12.1 Å². The number of benzene rings is 1. The van der Waals surface area contributed by atoms with Crippen molar-refractivity contribution >= 4 is 5.91 Å². The van der Waals surface area contributed by atoms with E-state index in [1.165, 1.54) is 18.4 Å². The van der Waals surface area contributed by atoms with E-state index in [1.54, 1.807) is 30.0 Å². The summed E-state index contributed by atoms with van der Waals surface area (Å²) in [4.78, 5) is 14.1. The number of aliphatic hydroxyl groups is 1. The maximum absolute atomic E-state index is 13.4. The molecule has 0 radical (unpaired) electrons. The third kappa shape index (κ3) is 2.56. The van der Waals surface area contributed by atoms with E-state index in [0.29, 0.717) is 12.0 Å². The van der Waals surface area contributed by atoms with Gasteiger partial charge in [-0.3, -0.25) is 4.79 Å². The van der Waals surface area contributed by atoms with Gasteiger partial charge in [0, 0.05) is 12.1 Å². The highest BCUT2D eigenvalue weighted by atomic mass is 19.1. The molecule has 4 nitrogen and oxygen atoms in total. The van der Waals surface area contributed by atoms with Gasteiger partial charge in [-0.25, -0.2) is 4.39 Å². The maximum Gasteiger partial charge on any atom is 0.290 e. The number of amides is 1. The third-order valence-electron chi connectivity index (χ3n) is 3.83. The number of hydrogen-bond donors (Lipinski definition) is 1. The van der Waals surface area contributed by atoms with Crippen molar-refractivity contribution in [2.24, 2.45) is 0 Å². The normalized spacial score (nSPS) is 21.8. The van der Waals surface area contributed by atoms with E-state index in [2.05, 4.69) is 0 Å². The summed E-state index contributed by atoms with van der Waals surface area (Å²) in [6.45, 7) is 2.01. The Hall–Kier alpha value is -2.14. The molecule has 110 valence electrons. The van der Waals surface area contributed by atoms with Crippen LogP contribution in [0, 0.1) is 12.7 Å². The standard InChI is InChI=1S/C16H16FNO3/c1-10-5-6-21-15(10)16(20)18-9-13(19)8-14(18)11-3-2-4-12(17)7-11/h2-7,13-14,19H,8-9H2,1H3/t13-,14-/m0/s1. The second-order valence-corrected chi connectivity index (χ2v) is 5.35. The molecule has 2 atom stereocenters. The molecule has 0 bridgehead atoms. The van der Waals surface area contributed by atoms with Gasteiger partial charge in [0.15, 0.2) is 5.76 Å². The van der Waals surface area contributed by atoms with Crippen molar-refractivity contribution in [2.45, 2.75) is 25.5 Å². The van der Waals surface area contributed by atoms with Crippen LogP contribution in [0.5, 0.6) is 0 Å². The summed E-state index contributed by atoms with van der Waals surface area (Å²) in [7, 11) is 0. The molecule has 1 amide bonds. The average molecular weight is 289 g/mol. The number of aryl methyl sites for hydroxylation is 1. The SMILES string of the molecule is Cc1ccoc1C(=O)N1C[C@@H](O)C[C@H]1c1cccc(F)c1. The molecular formula is C16H16FNO3. The minimum atomic E-state index is -0.613. The number of carbonyl (C=O) groups is 1. The molecular weight excluding hydrogens is 273 g/mol. The van der Waals surface area contributed by atoms with E-state index in [1.807, 2.05) is 0 Å². The lowest BCUT2D eigenvalue weighted by atomic mass is 10.0. The van der Waals surface area contributed by atoms with Gasteiger partial charge >= 0.3 is 0 Å². The summed E-state index contributed by atoms with van der Waals surface area (Å²) in [5.74, 6) is -0.357. The number of β-amino-alcohol motifs (C(OH)–C–C–N with tert-alkyl or cyclic N) is 1. The number of carbonyl (C=O) groups excluding carboxylic acids is 1. The van der Waals surface area contributed by atoms with Crippen LogP contribution in [0.15, 0.2) is 41.0 Å². The summed E-state index contributed by atoms with van der Waals surface area (Å²) in [6.07, 6.45) is 1.25. The van der Waals surface area contributed by atoms with Crippen LogP contribution in [-0.2, 0) is 0 Å². The van der Waals surface area contributed by atoms with Gasteiger partial charge in [0.2, 0.25) is 0 Å². The van der Waals surface area contributed by atoms with Crippen molar-refractivity contribution in [3.8, 4) is 0 Å². The van der Waals surface area contributed by atoms with E-state index in [0.717, 1.165) is 5.56 Å². The van der Waals surface area contributed by atoms with Crippen LogP contribution in [0.1, 0.15) is 34.1 Å². The molecule has 2 heterocycles. The van der Waals surface area contributed by atoms with Gasteiger partial charge in [0.1, 0.15) is 5.82 Å². The number of nitrogens with zero attached hydrogens (tertiary/aromatic N) is 1. The van der Waals surface area contributed by atoms with E-state index in [9.17, 15) is 14.3 Å². The highest BCUT2D eigenvalue weighted by molar-refractivity contribution is 5.93. The second-order valence-electron chi connectivity index (χ2n) is 5.35. The molecule has 1 fully saturated rings. The highest BCUT2D eigenvalue weighted by Crippen LogP contribution is 2.34.